The van der Waals surface area contributed by atoms with Crippen molar-refractivity contribution >= 4 is 23.0 Å². The number of aromatic nitrogens is 3. The largest absolute Gasteiger partial charge is 0.339 e. The van der Waals surface area contributed by atoms with Crippen LogP contribution in [0.15, 0.2) is 70.3 Å². The van der Waals surface area contributed by atoms with Gasteiger partial charge in [-0.3, -0.25) is 19.5 Å². The molecule has 0 saturated carbocycles. The molecule has 4 rings (SSSR count). The highest BCUT2D eigenvalue weighted by Gasteiger charge is 2.17. The van der Waals surface area contributed by atoms with E-state index in [0.29, 0.717) is 21.8 Å². The molecular weight excluding hydrogens is 366 g/mol. The number of H-pyrrole nitrogens is 2. The van der Waals surface area contributed by atoms with Crippen molar-refractivity contribution in [3.63, 3.8) is 0 Å². The van der Waals surface area contributed by atoms with Crippen LogP contribution in [0.5, 0.6) is 0 Å². The van der Waals surface area contributed by atoms with Gasteiger partial charge in [0.1, 0.15) is 5.65 Å². The number of carbonyl (C=O) groups is 1. The molecular formula is C20H14ClN3O3. The monoisotopic (exact) mass is 379 g/mol. The van der Waals surface area contributed by atoms with E-state index in [9.17, 15) is 14.4 Å². The molecule has 0 bridgehead atoms. The van der Waals surface area contributed by atoms with Crippen LogP contribution in [0.4, 0.5) is 0 Å². The summed E-state index contributed by atoms with van der Waals surface area (Å²) in [5, 5.41) is 3.01. The number of halogens is 1. The van der Waals surface area contributed by atoms with Gasteiger partial charge in [0.2, 0.25) is 0 Å². The molecule has 4 aromatic rings. The first kappa shape index (κ1) is 17.1. The highest BCUT2D eigenvalue weighted by atomic mass is 35.5. The topological polar surface area (TPSA) is 87.2 Å². The molecule has 2 aromatic carbocycles. The average molecular weight is 380 g/mol. The molecule has 0 aliphatic heterocycles. The molecule has 6 nitrogen and oxygen atoms in total. The van der Waals surface area contributed by atoms with Gasteiger partial charge in [0.05, 0.1) is 11.3 Å². The number of ketones is 1. The Morgan fingerprint density at radius 2 is 1.78 bits per heavy atom. The van der Waals surface area contributed by atoms with Crippen molar-refractivity contribution in [2.45, 2.75) is 6.42 Å². The molecule has 0 fully saturated rings. The average Bonchev–Trinajstić information content (AvgIpc) is 2.99. The van der Waals surface area contributed by atoms with Gasteiger partial charge < -0.3 is 4.98 Å². The molecule has 0 radical (unpaired) electrons. The maximum atomic E-state index is 12.5. The summed E-state index contributed by atoms with van der Waals surface area (Å²) in [5.74, 6) is -0.205. The normalized spacial score (nSPS) is 11.0. The zero-order valence-electron chi connectivity index (χ0n) is 14.0. The zero-order chi connectivity index (χ0) is 19.0. The third-order valence-electron chi connectivity index (χ3n) is 4.31. The van der Waals surface area contributed by atoms with Crippen LogP contribution in [0.25, 0.3) is 16.9 Å². The molecule has 2 aromatic heterocycles. The van der Waals surface area contributed by atoms with Crippen LogP contribution >= 0.6 is 11.6 Å². The number of rotatable bonds is 4. The minimum atomic E-state index is -0.476. The molecule has 134 valence electrons. The highest BCUT2D eigenvalue weighted by Crippen LogP contribution is 2.21. The first-order chi connectivity index (χ1) is 13.0. The second-order valence-electron chi connectivity index (χ2n) is 6.10. The standard InChI is InChI=1S/C20H14ClN3O3/c21-14-8-4-7-13(9-14)16-11-18(26)24-19(22-16)15(20(27)23-24)10-17(25)12-5-2-1-3-6-12/h1-9,11,22H,10H2,(H,23,27). The summed E-state index contributed by atoms with van der Waals surface area (Å²) in [6.07, 6.45) is -0.120. The second kappa shape index (κ2) is 6.74. The van der Waals surface area contributed by atoms with Gasteiger partial charge in [-0.15, -0.1) is 0 Å². The molecule has 2 N–H and O–H groups in total. The first-order valence-corrected chi connectivity index (χ1v) is 8.62. The third-order valence-corrected chi connectivity index (χ3v) is 4.54. The Bertz CT molecular complexity index is 1270. The van der Waals surface area contributed by atoms with Gasteiger partial charge in [0, 0.05) is 23.1 Å². The number of nitrogens with zero attached hydrogens (tertiary/aromatic N) is 1. The van der Waals surface area contributed by atoms with Crippen molar-refractivity contribution in [2.75, 3.05) is 0 Å². The molecule has 0 spiro atoms. The summed E-state index contributed by atoms with van der Waals surface area (Å²) in [4.78, 5) is 40.4. The number of fused-ring (bicyclic) bond motifs is 1. The van der Waals surface area contributed by atoms with Gasteiger partial charge >= 0.3 is 0 Å². The van der Waals surface area contributed by atoms with Crippen molar-refractivity contribution in [2.24, 2.45) is 0 Å². The van der Waals surface area contributed by atoms with Crippen molar-refractivity contribution in [1.29, 1.82) is 0 Å². The molecule has 27 heavy (non-hydrogen) atoms. The molecule has 0 amide bonds. The molecule has 0 saturated heterocycles. The molecule has 0 unspecified atom stereocenters. The van der Waals surface area contributed by atoms with E-state index in [2.05, 4.69) is 10.1 Å². The van der Waals surface area contributed by atoms with Crippen LogP contribution in [-0.4, -0.2) is 20.4 Å². The van der Waals surface area contributed by atoms with Crippen LogP contribution in [-0.2, 0) is 6.42 Å². The Hall–Kier alpha value is -3.38. The quantitative estimate of drug-likeness (QED) is 0.534. The predicted octanol–water partition coefficient (Wildman–Crippen LogP) is 3.06. The summed E-state index contributed by atoms with van der Waals surface area (Å²) in [6, 6.07) is 17.1. The van der Waals surface area contributed by atoms with Crippen LogP contribution in [0.1, 0.15) is 15.9 Å². The van der Waals surface area contributed by atoms with Gasteiger partial charge in [-0.2, -0.15) is 0 Å². The summed E-state index contributed by atoms with van der Waals surface area (Å²) in [5.41, 5.74) is 1.32. The number of carbonyl (C=O) groups excluding carboxylic acids is 1. The number of hydrogen-bond donors (Lipinski definition) is 2. The highest BCUT2D eigenvalue weighted by molar-refractivity contribution is 6.30. The fraction of sp³-hybridized carbons (Fsp3) is 0.0500. The van der Waals surface area contributed by atoms with E-state index in [1.807, 2.05) is 6.07 Å². The predicted molar refractivity (Wildman–Crippen MR) is 104 cm³/mol. The maximum Gasteiger partial charge on any atom is 0.273 e. The van der Waals surface area contributed by atoms with E-state index in [0.717, 1.165) is 4.52 Å². The summed E-state index contributed by atoms with van der Waals surface area (Å²) in [6.45, 7) is 0. The first-order valence-electron chi connectivity index (χ1n) is 8.24. The molecule has 0 aliphatic carbocycles. The van der Waals surface area contributed by atoms with E-state index >= 15 is 0 Å². The number of aromatic amines is 2. The van der Waals surface area contributed by atoms with Crippen molar-refractivity contribution in [3.05, 3.63) is 97.5 Å². The van der Waals surface area contributed by atoms with Crippen LogP contribution in [0, 0.1) is 0 Å². The van der Waals surface area contributed by atoms with Crippen molar-refractivity contribution in [1.82, 2.24) is 14.6 Å². The lowest BCUT2D eigenvalue weighted by Crippen LogP contribution is -2.15. The lowest BCUT2D eigenvalue weighted by atomic mass is 10.0. The van der Waals surface area contributed by atoms with E-state index in [-0.39, 0.29) is 23.4 Å². The summed E-state index contributed by atoms with van der Waals surface area (Å²) in [7, 11) is 0. The van der Waals surface area contributed by atoms with E-state index in [1.54, 1.807) is 48.5 Å². The van der Waals surface area contributed by atoms with Crippen LogP contribution in [0.3, 0.4) is 0 Å². The molecule has 2 heterocycles. The number of benzene rings is 2. The Morgan fingerprint density at radius 3 is 2.52 bits per heavy atom. The lowest BCUT2D eigenvalue weighted by Gasteiger charge is -2.05. The fourth-order valence-corrected chi connectivity index (χ4v) is 3.17. The smallest absolute Gasteiger partial charge is 0.273 e. The second-order valence-corrected chi connectivity index (χ2v) is 6.54. The van der Waals surface area contributed by atoms with Crippen molar-refractivity contribution in [3.8, 4) is 11.3 Å². The van der Waals surface area contributed by atoms with E-state index in [1.165, 1.54) is 6.07 Å². The minimum absolute atomic E-state index is 0.120. The minimum Gasteiger partial charge on any atom is -0.339 e. The van der Waals surface area contributed by atoms with E-state index < -0.39 is 11.1 Å². The van der Waals surface area contributed by atoms with E-state index in [4.69, 9.17) is 11.6 Å². The SMILES string of the molecule is O=C(Cc1c(=O)[nH]n2c(=O)cc(-c3cccc(Cl)c3)[nH]c12)c1ccccc1. The van der Waals surface area contributed by atoms with Crippen LogP contribution < -0.4 is 11.1 Å². The third kappa shape index (κ3) is 3.22. The zero-order valence-corrected chi connectivity index (χ0v) is 14.8. The fourth-order valence-electron chi connectivity index (χ4n) is 2.98. The number of nitrogens with one attached hydrogen (secondary N) is 2. The molecule has 0 atom stereocenters. The number of Topliss-reactive ketones (excluding diaryl/α,β-unsaturated/α-hetero) is 1. The summed E-state index contributed by atoms with van der Waals surface area (Å²) < 4.78 is 1.12. The molecule has 0 aliphatic rings. The lowest BCUT2D eigenvalue weighted by molar-refractivity contribution is 0.0993. The number of hydrogen-bond acceptors (Lipinski definition) is 3. The van der Waals surface area contributed by atoms with Gasteiger partial charge in [-0.1, -0.05) is 54.1 Å². The van der Waals surface area contributed by atoms with Gasteiger partial charge in [0.25, 0.3) is 11.1 Å². The maximum absolute atomic E-state index is 12.5. The van der Waals surface area contributed by atoms with Gasteiger partial charge in [-0.25, -0.2) is 4.52 Å². The molecule has 7 heteroatoms. The summed E-state index contributed by atoms with van der Waals surface area (Å²) >= 11 is 6.03. The van der Waals surface area contributed by atoms with Gasteiger partial charge in [0.15, 0.2) is 5.78 Å². The van der Waals surface area contributed by atoms with Crippen molar-refractivity contribution < 1.29 is 4.79 Å². The van der Waals surface area contributed by atoms with Crippen LogP contribution in [0.2, 0.25) is 5.02 Å². The Balaban J connectivity index is 1.84. The Labute approximate surface area is 158 Å². The Kier molecular flexibility index (Phi) is 4.25. The Morgan fingerprint density at radius 1 is 1.00 bits per heavy atom. The van der Waals surface area contributed by atoms with Gasteiger partial charge in [-0.05, 0) is 17.7 Å².